The molecule has 0 aromatic heterocycles. The number of rotatable bonds is 10. The van der Waals surface area contributed by atoms with E-state index in [4.69, 9.17) is 0 Å². The van der Waals surface area contributed by atoms with E-state index in [0.29, 0.717) is 19.3 Å². The predicted molar refractivity (Wildman–Crippen MR) is 123 cm³/mol. The molecule has 3 rings (SSSR count). The lowest BCUT2D eigenvalue weighted by molar-refractivity contribution is -0.141. The molecule has 0 bridgehead atoms. The highest BCUT2D eigenvalue weighted by molar-refractivity contribution is 5.90. The van der Waals surface area contributed by atoms with Crippen molar-refractivity contribution in [3.05, 3.63) is 83.9 Å². The third kappa shape index (κ3) is 6.17. The van der Waals surface area contributed by atoms with Crippen LogP contribution in [0.3, 0.4) is 0 Å². The van der Waals surface area contributed by atoms with Gasteiger partial charge in [-0.3, -0.25) is 14.4 Å². The highest BCUT2D eigenvalue weighted by Gasteiger charge is 2.27. The Morgan fingerprint density at radius 1 is 0.875 bits per heavy atom. The summed E-state index contributed by atoms with van der Waals surface area (Å²) in [6, 6.07) is 22.6. The molecular weight excluding hydrogens is 404 g/mol. The first-order valence-electron chi connectivity index (χ1n) is 10.7. The zero-order valence-electron chi connectivity index (χ0n) is 18.1. The second kappa shape index (κ2) is 11.1. The van der Waals surface area contributed by atoms with Crippen LogP contribution in [-0.2, 0) is 27.2 Å². The van der Waals surface area contributed by atoms with Crippen molar-refractivity contribution in [3.63, 3.8) is 0 Å². The lowest BCUT2D eigenvalue weighted by Gasteiger charge is -2.21. The largest absolute Gasteiger partial charge is 0.481 e. The lowest BCUT2D eigenvalue weighted by atomic mass is 9.94. The van der Waals surface area contributed by atoms with E-state index >= 15 is 0 Å². The molecule has 3 N–H and O–H groups in total. The molecule has 0 fully saturated rings. The maximum absolute atomic E-state index is 13.0. The number of aryl methyl sites for hydroxylation is 1. The molecule has 2 aliphatic rings. The van der Waals surface area contributed by atoms with Crippen LogP contribution in [0.15, 0.2) is 72.8 Å². The van der Waals surface area contributed by atoms with E-state index in [9.17, 15) is 19.5 Å². The van der Waals surface area contributed by atoms with Crippen LogP contribution in [0.5, 0.6) is 0 Å². The Kier molecular flexibility index (Phi) is 7.97. The molecule has 2 amide bonds. The fraction of sp³-hybridized carbons (Fsp3) is 0.269. The second-order valence-electron chi connectivity index (χ2n) is 7.84. The number of nitrogens with one attached hydrogen (secondary N) is 2. The van der Waals surface area contributed by atoms with Gasteiger partial charge in [0, 0.05) is 19.4 Å². The molecule has 0 saturated heterocycles. The standard InChI is InChI=1S/C26H28N2O4/c1-27-26(32)23(16-18-8-4-2-5-9-18)28-25(31)21(17-24(29)30)15-14-20-13-12-19-10-6-3-7-11-22(19)20/h2-13,21,23H,14-17H2,1H3,(H,27,32)(H,28,31)(H,29,30)/t21-,23+/m1/s1. The van der Waals surface area contributed by atoms with E-state index in [2.05, 4.69) is 10.6 Å². The third-order valence-electron chi connectivity index (χ3n) is 5.60. The van der Waals surface area contributed by atoms with Gasteiger partial charge in [-0.25, -0.2) is 0 Å². The molecule has 0 radical (unpaired) electrons. The van der Waals surface area contributed by atoms with E-state index in [0.717, 1.165) is 22.3 Å². The molecule has 166 valence electrons. The molecule has 1 aromatic rings. The molecular formula is C26H28N2O4. The lowest BCUT2D eigenvalue weighted by Crippen LogP contribution is -2.49. The van der Waals surface area contributed by atoms with Gasteiger partial charge in [0.1, 0.15) is 6.04 Å². The number of carboxylic acid groups (broad SMARTS) is 1. The van der Waals surface area contributed by atoms with Crippen molar-refractivity contribution in [3.8, 4) is 11.1 Å². The van der Waals surface area contributed by atoms with Crippen molar-refractivity contribution in [1.29, 1.82) is 0 Å². The Balaban J connectivity index is 1.71. The zero-order chi connectivity index (χ0) is 22.9. The van der Waals surface area contributed by atoms with E-state index in [1.165, 1.54) is 7.05 Å². The first-order chi connectivity index (χ1) is 15.5. The van der Waals surface area contributed by atoms with Gasteiger partial charge >= 0.3 is 5.97 Å². The summed E-state index contributed by atoms with van der Waals surface area (Å²) >= 11 is 0. The van der Waals surface area contributed by atoms with Gasteiger partial charge in [0.2, 0.25) is 11.8 Å². The summed E-state index contributed by atoms with van der Waals surface area (Å²) in [5, 5.41) is 14.7. The molecule has 6 heteroatoms. The number of likely N-dealkylation sites (N-methyl/N-ethyl adjacent to an activating group) is 1. The summed E-state index contributed by atoms with van der Waals surface area (Å²) in [6.45, 7) is 0. The number of fused-ring (bicyclic) bond motifs is 1. The summed E-state index contributed by atoms with van der Waals surface area (Å²) in [5.74, 6) is -2.51. The molecule has 0 saturated carbocycles. The van der Waals surface area contributed by atoms with Crippen LogP contribution in [0.2, 0.25) is 0 Å². The number of benzene rings is 1. The normalized spacial score (nSPS) is 12.7. The SMILES string of the molecule is CNC(=O)[C@H](Cc1ccccc1)NC(=O)[C@H](CCc1ccc2cccccc1-2)CC(=O)O. The van der Waals surface area contributed by atoms with Gasteiger partial charge in [0.25, 0.3) is 0 Å². The second-order valence-corrected chi connectivity index (χ2v) is 7.84. The monoisotopic (exact) mass is 432 g/mol. The summed E-state index contributed by atoms with van der Waals surface area (Å²) in [5.41, 5.74) is 4.18. The van der Waals surface area contributed by atoms with Gasteiger partial charge < -0.3 is 15.7 Å². The van der Waals surface area contributed by atoms with Crippen LogP contribution in [0.4, 0.5) is 0 Å². The molecule has 6 nitrogen and oxygen atoms in total. The zero-order valence-corrected chi connectivity index (χ0v) is 18.1. The fourth-order valence-electron chi connectivity index (χ4n) is 3.89. The minimum Gasteiger partial charge on any atom is -0.481 e. The third-order valence-corrected chi connectivity index (χ3v) is 5.60. The Bertz CT molecular complexity index is 1030. The average molecular weight is 433 g/mol. The van der Waals surface area contributed by atoms with Crippen LogP contribution in [-0.4, -0.2) is 36.0 Å². The molecule has 0 heterocycles. The van der Waals surface area contributed by atoms with Crippen LogP contribution in [0, 0.1) is 5.92 Å². The highest BCUT2D eigenvalue weighted by atomic mass is 16.4. The van der Waals surface area contributed by atoms with Crippen molar-refractivity contribution in [2.75, 3.05) is 7.05 Å². The summed E-state index contributed by atoms with van der Waals surface area (Å²) in [4.78, 5) is 36.8. The smallest absolute Gasteiger partial charge is 0.304 e. The van der Waals surface area contributed by atoms with E-state index in [1.807, 2.05) is 72.8 Å². The van der Waals surface area contributed by atoms with E-state index < -0.39 is 23.8 Å². The first kappa shape index (κ1) is 23.0. The van der Waals surface area contributed by atoms with Crippen molar-refractivity contribution in [2.24, 2.45) is 5.92 Å². The number of hydrogen-bond donors (Lipinski definition) is 3. The topological polar surface area (TPSA) is 95.5 Å². The van der Waals surface area contributed by atoms with Crippen molar-refractivity contribution >= 4 is 17.8 Å². The van der Waals surface area contributed by atoms with Gasteiger partial charge in [-0.1, -0.05) is 72.8 Å². The van der Waals surface area contributed by atoms with Gasteiger partial charge in [0.15, 0.2) is 0 Å². The summed E-state index contributed by atoms with van der Waals surface area (Å²) in [7, 11) is 1.52. The Morgan fingerprint density at radius 2 is 1.56 bits per heavy atom. The first-order valence-corrected chi connectivity index (χ1v) is 10.7. The van der Waals surface area contributed by atoms with Gasteiger partial charge in [-0.15, -0.1) is 0 Å². The van der Waals surface area contributed by atoms with Crippen LogP contribution >= 0.6 is 0 Å². The summed E-state index contributed by atoms with van der Waals surface area (Å²) in [6.07, 6.45) is 0.990. The van der Waals surface area contributed by atoms with Crippen molar-refractivity contribution in [2.45, 2.75) is 31.7 Å². The molecule has 0 spiro atoms. The molecule has 2 atom stereocenters. The highest BCUT2D eigenvalue weighted by Crippen LogP contribution is 2.29. The average Bonchev–Trinajstić information content (AvgIpc) is 3.01. The molecule has 0 unspecified atom stereocenters. The Hall–Kier alpha value is -3.67. The van der Waals surface area contributed by atoms with Crippen molar-refractivity contribution in [1.82, 2.24) is 10.6 Å². The minimum atomic E-state index is -1.04. The van der Waals surface area contributed by atoms with Crippen LogP contribution < -0.4 is 10.6 Å². The maximum Gasteiger partial charge on any atom is 0.304 e. The molecule has 2 aliphatic carbocycles. The van der Waals surface area contributed by atoms with Gasteiger partial charge in [-0.05, 0) is 35.1 Å². The number of carboxylic acids is 1. The van der Waals surface area contributed by atoms with Gasteiger partial charge in [0.05, 0.1) is 6.42 Å². The van der Waals surface area contributed by atoms with E-state index in [1.54, 1.807) is 0 Å². The minimum absolute atomic E-state index is 0.288. The Labute approximate surface area is 188 Å². The van der Waals surface area contributed by atoms with Crippen molar-refractivity contribution < 1.29 is 19.5 Å². The summed E-state index contributed by atoms with van der Waals surface area (Å²) < 4.78 is 0. The number of carbonyl (C=O) groups excluding carboxylic acids is 2. The van der Waals surface area contributed by atoms with Gasteiger partial charge in [-0.2, -0.15) is 0 Å². The van der Waals surface area contributed by atoms with E-state index in [-0.39, 0.29) is 12.3 Å². The number of carbonyl (C=O) groups is 3. The van der Waals surface area contributed by atoms with Crippen LogP contribution in [0.25, 0.3) is 11.1 Å². The Morgan fingerprint density at radius 3 is 2.25 bits per heavy atom. The maximum atomic E-state index is 13.0. The molecule has 1 aromatic carbocycles. The molecule has 0 aliphatic heterocycles. The predicted octanol–water partition coefficient (Wildman–Crippen LogP) is 3.29. The van der Waals surface area contributed by atoms with Crippen LogP contribution in [0.1, 0.15) is 24.0 Å². The fourth-order valence-corrected chi connectivity index (χ4v) is 3.89. The number of hydrogen-bond acceptors (Lipinski definition) is 3. The molecule has 32 heavy (non-hydrogen) atoms. The number of aliphatic carboxylic acids is 1. The number of amides is 2. The quantitative estimate of drug-likeness (QED) is 0.458.